The lowest BCUT2D eigenvalue weighted by molar-refractivity contribution is -0.132. The van der Waals surface area contributed by atoms with Crippen LogP contribution in [0, 0.1) is 13.8 Å². The number of hydrogen-bond acceptors (Lipinski definition) is 4. The molecule has 29 heavy (non-hydrogen) atoms. The fraction of sp³-hybridized carbons (Fsp3) is 0.261. The van der Waals surface area contributed by atoms with Gasteiger partial charge in [0, 0.05) is 11.5 Å². The molecule has 0 radical (unpaired) electrons. The van der Waals surface area contributed by atoms with Crippen LogP contribution < -0.4 is 10.9 Å². The molecular weight excluding hydrogens is 368 g/mol. The SMILES string of the molecule is CC[C@]1(c2ccccc2)NC(=O)N(Cc2cc(=O)oc3cc(C)c(C)cc23)C1=O. The molecule has 1 N–H and O–H groups in total. The van der Waals surface area contributed by atoms with Crippen molar-refractivity contribution in [3.05, 3.63) is 81.2 Å². The molecule has 3 aromatic rings. The zero-order valence-electron chi connectivity index (χ0n) is 16.6. The quantitative estimate of drug-likeness (QED) is 0.543. The predicted octanol–water partition coefficient (Wildman–Crippen LogP) is 3.77. The van der Waals surface area contributed by atoms with Crippen molar-refractivity contribution >= 4 is 22.9 Å². The summed E-state index contributed by atoms with van der Waals surface area (Å²) in [5.41, 5.74) is 2.22. The molecule has 148 valence electrons. The summed E-state index contributed by atoms with van der Waals surface area (Å²) >= 11 is 0. The molecule has 0 saturated carbocycles. The maximum Gasteiger partial charge on any atom is 0.336 e. The van der Waals surface area contributed by atoms with Crippen molar-refractivity contribution in [2.24, 2.45) is 0 Å². The van der Waals surface area contributed by atoms with Crippen molar-refractivity contribution in [3.63, 3.8) is 0 Å². The highest BCUT2D eigenvalue weighted by Crippen LogP contribution is 2.33. The molecule has 2 aromatic carbocycles. The van der Waals surface area contributed by atoms with E-state index in [1.807, 2.05) is 63.2 Å². The number of fused-ring (bicyclic) bond motifs is 1. The lowest BCUT2D eigenvalue weighted by atomic mass is 9.87. The van der Waals surface area contributed by atoms with Gasteiger partial charge in [0.15, 0.2) is 0 Å². The number of carbonyl (C=O) groups is 2. The zero-order valence-corrected chi connectivity index (χ0v) is 16.6. The Balaban J connectivity index is 1.77. The number of aryl methyl sites for hydroxylation is 2. The first-order valence-corrected chi connectivity index (χ1v) is 9.59. The number of benzene rings is 2. The first-order valence-electron chi connectivity index (χ1n) is 9.59. The number of rotatable bonds is 4. The van der Waals surface area contributed by atoms with E-state index in [2.05, 4.69) is 5.32 Å². The third-order valence-electron chi connectivity index (χ3n) is 5.75. The topological polar surface area (TPSA) is 79.6 Å². The number of urea groups is 1. The minimum absolute atomic E-state index is 0.00382. The number of carbonyl (C=O) groups excluding carboxylic acids is 2. The number of nitrogens with one attached hydrogen (secondary N) is 1. The van der Waals surface area contributed by atoms with Crippen LogP contribution in [0.25, 0.3) is 11.0 Å². The summed E-state index contributed by atoms with van der Waals surface area (Å²) in [5, 5.41) is 3.60. The van der Waals surface area contributed by atoms with Crippen LogP contribution in [0.5, 0.6) is 0 Å². The Labute approximate surface area is 168 Å². The average Bonchev–Trinajstić information content (AvgIpc) is 2.95. The summed E-state index contributed by atoms with van der Waals surface area (Å²) in [4.78, 5) is 39.4. The van der Waals surface area contributed by atoms with Gasteiger partial charge in [-0.25, -0.2) is 9.59 Å². The first kappa shape index (κ1) is 18.9. The normalized spacial score (nSPS) is 19.1. The summed E-state index contributed by atoms with van der Waals surface area (Å²) in [5.74, 6) is -0.318. The summed E-state index contributed by atoms with van der Waals surface area (Å²) in [6.07, 6.45) is 0.425. The highest BCUT2D eigenvalue weighted by atomic mass is 16.4. The van der Waals surface area contributed by atoms with E-state index in [9.17, 15) is 14.4 Å². The summed E-state index contributed by atoms with van der Waals surface area (Å²) in [6.45, 7) is 5.78. The van der Waals surface area contributed by atoms with Crippen molar-refractivity contribution in [2.45, 2.75) is 39.3 Å². The first-order chi connectivity index (χ1) is 13.9. The standard InChI is InChI=1S/C23H22N2O4/c1-4-23(17-8-6-5-7-9-17)21(27)25(22(28)24-23)13-16-12-20(26)29-19-11-15(3)14(2)10-18(16)19/h5-12H,4,13H2,1-3H3,(H,24,28)/t23-/m1/s1. The Hall–Kier alpha value is -3.41. The van der Waals surface area contributed by atoms with Crippen LogP contribution in [0.15, 0.2) is 57.7 Å². The molecule has 6 heteroatoms. The molecule has 1 fully saturated rings. The second-order valence-corrected chi connectivity index (χ2v) is 7.47. The van der Waals surface area contributed by atoms with Gasteiger partial charge in [-0.05, 0) is 54.7 Å². The van der Waals surface area contributed by atoms with Gasteiger partial charge in [-0.15, -0.1) is 0 Å². The Morgan fingerprint density at radius 2 is 1.69 bits per heavy atom. The second kappa shape index (κ2) is 6.88. The van der Waals surface area contributed by atoms with E-state index in [4.69, 9.17) is 4.42 Å². The van der Waals surface area contributed by atoms with E-state index in [0.29, 0.717) is 17.6 Å². The van der Waals surface area contributed by atoms with Crippen LogP contribution in [-0.4, -0.2) is 16.8 Å². The van der Waals surface area contributed by atoms with Crippen LogP contribution in [0.3, 0.4) is 0 Å². The monoisotopic (exact) mass is 390 g/mol. The Bertz CT molecular complexity index is 1180. The fourth-order valence-electron chi connectivity index (χ4n) is 3.92. The van der Waals surface area contributed by atoms with E-state index in [0.717, 1.165) is 22.1 Å². The molecular formula is C23H22N2O4. The summed E-state index contributed by atoms with van der Waals surface area (Å²) < 4.78 is 5.33. The molecule has 1 aromatic heterocycles. The molecule has 6 nitrogen and oxygen atoms in total. The van der Waals surface area contributed by atoms with Gasteiger partial charge in [0.2, 0.25) is 0 Å². The van der Waals surface area contributed by atoms with Gasteiger partial charge in [-0.2, -0.15) is 0 Å². The Morgan fingerprint density at radius 1 is 1.00 bits per heavy atom. The van der Waals surface area contributed by atoms with Crippen molar-refractivity contribution in [3.8, 4) is 0 Å². The van der Waals surface area contributed by atoms with Gasteiger partial charge in [0.1, 0.15) is 11.1 Å². The smallest absolute Gasteiger partial charge is 0.336 e. The van der Waals surface area contributed by atoms with E-state index >= 15 is 0 Å². The molecule has 0 spiro atoms. The molecule has 1 aliphatic rings. The Morgan fingerprint density at radius 3 is 2.38 bits per heavy atom. The second-order valence-electron chi connectivity index (χ2n) is 7.47. The molecule has 3 amide bonds. The van der Waals surface area contributed by atoms with E-state index in [-0.39, 0.29) is 12.5 Å². The number of amides is 3. The highest BCUT2D eigenvalue weighted by Gasteiger charge is 2.51. The predicted molar refractivity (Wildman–Crippen MR) is 109 cm³/mol. The molecule has 0 unspecified atom stereocenters. The lowest BCUT2D eigenvalue weighted by Gasteiger charge is -2.25. The minimum Gasteiger partial charge on any atom is -0.423 e. The largest absolute Gasteiger partial charge is 0.423 e. The third kappa shape index (κ3) is 3.01. The molecule has 2 heterocycles. The van der Waals surface area contributed by atoms with E-state index in [1.54, 1.807) is 0 Å². The minimum atomic E-state index is -1.10. The van der Waals surface area contributed by atoms with Gasteiger partial charge in [0.25, 0.3) is 5.91 Å². The van der Waals surface area contributed by atoms with E-state index in [1.165, 1.54) is 11.0 Å². The van der Waals surface area contributed by atoms with Crippen molar-refractivity contribution in [1.82, 2.24) is 10.2 Å². The van der Waals surface area contributed by atoms with Gasteiger partial charge in [0.05, 0.1) is 6.54 Å². The molecule has 0 aliphatic carbocycles. The molecule has 1 saturated heterocycles. The maximum absolute atomic E-state index is 13.4. The zero-order chi connectivity index (χ0) is 20.8. The fourth-order valence-corrected chi connectivity index (χ4v) is 3.92. The van der Waals surface area contributed by atoms with Crippen LogP contribution in [-0.2, 0) is 16.9 Å². The number of nitrogens with zero attached hydrogens (tertiary/aromatic N) is 1. The molecule has 4 rings (SSSR count). The molecule has 1 aliphatic heterocycles. The lowest BCUT2D eigenvalue weighted by Crippen LogP contribution is -2.43. The van der Waals surface area contributed by atoms with Gasteiger partial charge < -0.3 is 9.73 Å². The highest BCUT2D eigenvalue weighted by molar-refractivity contribution is 6.07. The third-order valence-corrected chi connectivity index (χ3v) is 5.75. The number of imide groups is 1. The van der Waals surface area contributed by atoms with E-state index < -0.39 is 17.2 Å². The van der Waals surface area contributed by atoms with Crippen molar-refractivity contribution in [1.29, 1.82) is 0 Å². The van der Waals surface area contributed by atoms with Gasteiger partial charge >= 0.3 is 11.7 Å². The summed E-state index contributed by atoms with van der Waals surface area (Å²) in [6, 6.07) is 13.8. The van der Waals surface area contributed by atoms with Crippen molar-refractivity contribution < 1.29 is 14.0 Å². The van der Waals surface area contributed by atoms with Crippen LogP contribution in [0.2, 0.25) is 0 Å². The van der Waals surface area contributed by atoms with Crippen LogP contribution in [0.4, 0.5) is 4.79 Å². The van der Waals surface area contributed by atoms with Gasteiger partial charge in [-0.3, -0.25) is 9.69 Å². The Kier molecular flexibility index (Phi) is 4.49. The maximum atomic E-state index is 13.4. The molecule has 1 atom stereocenters. The van der Waals surface area contributed by atoms with Crippen LogP contribution >= 0.6 is 0 Å². The number of hydrogen-bond donors (Lipinski definition) is 1. The summed E-state index contributed by atoms with van der Waals surface area (Å²) in [7, 11) is 0. The van der Waals surface area contributed by atoms with Crippen molar-refractivity contribution in [2.75, 3.05) is 0 Å². The van der Waals surface area contributed by atoms with Crippen LogP contribution in [0.1, 0.15) is 35.6 Å². The van der Waals surface area contributed by atoms with Gasteiger partial charge in [-0.1, -0.05) is 37.3 Å². The molecule has 0 bridgehead atoms. The average molecular weight is 390 g/mol.